The molecule has 0 saturated heterocycles. The van der Waals surface area contributed by atoms with Gasteiger partial charge in [-0.3, -0.25) is 9.59 Å². The summed E-state index contributed by atoms with van der Waals surface area (Å²) in [6.45, 7) is 13.1. The third-order valence-corrected chi connectivity index (χ3v) is 12.1. The zero-order valence-electron chi connectivity index (χ0n) is 46.9. The average Bonchev–Trinajstić information content (AvgIpc) is 3.41. The van der Waals surface area contributed by atoms with E-state index in [0.29, 0.717) is 145 Å². The Morgan fingerprint density at radius 2 is 0.581 bits per heavy atom. The lowest BCUT2D eigenvalue weighted by Crippen LogP contribution is -2.52. The van der Waals surface area contributed by atoms with Crippen LogP contribution in [0.25, 0.3) is 0 Å². The molecule has 0 aliphatic carbocycles. The Labute approximate surface area is 450 Å². The molecule has 74 heavy (non-hydrogen) atoms. The fraction of sp³-hybridized carbons (Fsp3) is 0.897. The van der Waals surface area contributed by atoms with Crippen LogP contribution in [-0.2, 0) is 57.0 Å². The zero-order chi connectivity index (χ0) is 53.6. The number of ether oxygens (including phenoxy) is 10. The maximum absolute atomic E-state index is 14.2. The standard InChI is InChI=1S/C58H108N2O14/c1-3-5-7-9-10-11-12-13-14-15-16-17-18-19-20-21-22-23-24-25-26-27-29-31-58(30-28-8-6-4-2,56(63)59-32-36-65-40-44-69-48-52-73-54-50-71-46-42-67-38-34-61)57(64)60-33-37-66-41-45-70-49-53-74-55-51-72-47-43-68-39-35-62/h61-62H,3-16,21-55H2,1-2H3,(H,59,63)(H,60,64). The van der Waals surface area contributed by atoms with Gasteiger partial charge < -0.3 is 68.2 Å². The number of carbonyl (C=O) groups is 2. The fourth-order valence-electron chi connectivity index (χ4n) is 7.88. The summed E-state index contributed by atoms with van der Waals surface area (Å²) < 4.78 is 54.9. The van der Waals surface area contributed by atoms with Gasteiger partial charge >= 0.3 is 0 Å². The van der Waals surface area contributed by atoms with Crippen molar-refractivity contribution in [3.8, 4) is 23.7 Å². The molecular weight excluding hydrogens is 949 g/mol. The Morgan fingerprint density at radius 1 is 0.338 bits per heavy atom. The second kappa shape index (κ2) is 61.4. The summed E-state index contributed by atoms with van der Waals surface area (Å²) in [5.41, 5.74) is -1.19. The minimum absolute atomic E-state index is 0.000404. The summed E-state index contributed by atoms with van der Waals surface area (Å²) in [6, 6.07) is 0. The van der Waals surface area contributed by atoms with Crippen LogP contribution in [0.3, 0.4) is 0 Å². The second-order valence-electron chi connectivity index (χ2n) is 18.5. The summed E-state index contributed by atoms with van der Waals surface area (Å²) in [5.74, 6) is 12.1. The van der Waals surface area contributed by atoms with Gasteiger partial charge in [0.15, 0.2) is 0 Å². The van der Waals surface area contributed by atoms with E-state index >= 15 is 0 Å². The van der Waals surface area contributed by atoms with Gasteiger partial charge in [0, 0.05) is 25.9 Å². The van der Waals surface area contributed by atoms with Crippen molar-refractivity contribution in [1.29, 1.82) is 0 Å². The van der Waals surface area contributed by atoms with Crippen molar-refractivity contribution in [1.82, 2.24) is 10.6 Å². The van der Waals surface area contributed by atoms with Crippen LogP contribution in [-0.4, -0.2) is 180 Å². The predicted octanol–water partition coefficient (Wildman–Crippen LogP) is 8.15. The van der Waals surface area contributed by atoms with Crippen LogP contribution < -0.4 is 10.6 Å². The Morgan fingerprint density at radius 3 is 0.878 bits per heavy atom. The lowest BCUT2D eigenvalue weighted by atomic mass is 9.75. The molecule has 16 heteroatoms. The van der Waals surface area contributed by atoms with Crippen molar-refractivity contribution in [2.45, 2.75) is 174 Å². The Balaban J connectivity index is 4.84. The Bertz CT molecular complexity index is 1260. The normalized spacial score (nSPS) is 11.4. The summed E-state index contributed by atoms with van der Waals surface area (Å²) in [5, 5.41) is 23.6. The number of unbranched alkanes of at least 4 members (excludes halogenated alkanes) is 20. The molecule has 434 valence electrons. The smallest absolute Gasteiger partial charge is 0.235 e. The number of aliphatic hydroxyl groups is 2. The van der Waals surface area contributed by atoms with E-state index in [-0.39, 0.29) is 38.1 Å². The first kappa shape index (κ1) is 71.6. The van der Waals surface area contributed by atoms with Crippen LogP contribution in [0.5, 0.6) is 0 Å². The molecule has 4 N–H and O–H groups in total. The lowest BCUT2D eigenvalue weighted by Gasteiger charge is -2.32. The third kappa shape index (κ3) is 50.4. The van der Waals surface area contributed by atoms with E-state index in [0.717, 1.165) is 83.5 Å². The van der Waals surface area contributed by atoms with Gasteiger partial charge in [-0.15, -0.1) is 0 Å². The maximum Gasteiger partial charge on any atom is 0.235 e. The number of rotatable bonds is 60. The van der Waals surface area contributed by atoms with Gasteiger partial charge in [-0.25, -0.2) is 0 Å². The van der Waals surface area contributed by atoms with Gasteiger partial charge in [0.1, 0.15) is 5.41 Å². The molecule has 0 saturated carbocycles. The molecule has 0 unspecified atom stereocenters. The van der Waals surface area contributed by atoms with Crippen molar-refractivity contribution in [2.75, 3.05) is 158 Å². The first-order chi connectivity index (χ1) is 36.6. The molecule has 0 radical (unpaired) electrons. The molecular formula is C58H108N2O14. The van der Waals surface area contributed by atoms with Crippen molar-refractivity contribution < 1.29 is 67.2 Å². The molecule has 0 rings (SSSR count). The molecule has 0 aliphatic heterocycles. The average molecular weight is 1060 g/mol. The number of nitrogens with one attached hydrogen (secondary N) is 2. The monoisotopic (exact) mass is 1060 g/mol. The van der Waals surface area contributed by atoms with E-state index in [1.54, 1.807) is 0 Å². The third-order valence-electron chi connectivity index (χ3n) is 12.1. The van der Waals surface area contributed by atoms with E-state index in [1.165, 1.54) is 64.2 Å². The maximum atomic E-state index is 14.2. The highest BCUT2D eigenvalue weighted by atomic mass is 16.6. The first-order valence-corrected chi connectivity index (χ1v) is 29.1. The van der Waals surface area contributed by atoms with Crippen LogP contribution in [0, 0.1) is 29.1 Å². The quantitative estimate of drug-likeness (QED) is 0.0259. The van der Waals surface area contributed by atoms with Crippen molar-refractivity contribution in [3.05, 3.63) is 0 Å². The number of hydrogen-bond acceptors (Lipinski definition) is 14. The highest BCUT2D eigenvalue weighted by Crippen LogP contribution is 2.33. The topological polar surface area (TPSA) is 191 Å². The minimum atomic E-state index is -1.19. The summed E-state index contributed by atoms with van der Waals surface area (Å²) in [6.07, 6.45) is 27.3. The van der Waals surface area contributed by atoms with Gasteiger partial charge in [0.2, 0.25) is 11.8 Å². The molecule has 16 nitrogen and oxygen atoms in total. The van der Waals surface area contributed by atoms with Crippen LogP contribution in [0.2, 0.25) is 0 Å². The SMILES string of the molecule is CCCCCCCCCCCCC#CC#CCCCCCCCCCC(CCCCCC)(C(=O)NCCOCCOCCOCCOCCOCCO)C(=O)NCCOCCOCCOCCOCCOCCO. The zero-order valence-corrected chi connectivity index (χ0v) is 46.9. The molecule has 0 spiro atoms. The summed E-state index contributed by atoms with van der Waals surface area (Å²) in [7, 11) is 0. The van der Waals surface area contributed by atoms with Crippen molar-refractivity contribution in [2.24, 2.45) is 5.41 Å². The van der Waals surface area contributed by atoms with E-state index < -0.39 is 5.41 Å². The Hall–Kier alpha value is -2.42. The number of amides is 2. The van der Waals surface area contributed by atoms with Crippen LogP contribution >= 0.6 is 0 Å². The summed E-state index contributed by atoms with van der Waals surface area (Å²) in [4.78, 5) is 28.4. The number of carbonyl (C=O) groups excluding carboxylic acids is 2. The van der Waals surface area contributed by atoms with Crippen molar-refractivity contribution in [3.63, 3.8) is 0 Å². The van der Waals surface area contributed by atoms with E-state index in [2.05, 4.69) is 48.2 Å². The van der Waals surface area contributed by atoms with E-state index in [1.807, 2.05) is 0 Å². The highest BCUT2D eigenvalue weighted by molar-refractivity contribution is 6.05. The van der Waals surface area contributed by atoms with Gasteiger partial charge in [-0.2, -0.15) is 0 Å². The highest BCUT2D eigenvalue weighted by Gasteiger charge is 2.44. The molecule has 2 amide bonds. The Kier molecular flexibility index (Phi) is 59.4. The lowest BCUT2D eigenvalue weighted by molar-refractivity contribution is -0.145. The minimum Gasteiger partial charge on any atom is -0.394 e. The van der Waals surface area contributed by atoms with Crippen molar-refractivity contribution >= 4 is 11.8 Å². The molecule has 0 aromatic carbocycles. The summed E-state index contributed by atoms with van der Waals surface area (Å²) >= 11 is 0. The van der Waals surface area contributed by atoms with E-state index in [9.17, 15) is 9.59 Å². The molecule has 0 bridgehead atoms. The van der Waals surface area contributed by atoms with E-state index in [4.69, 9.17) is 57.6 Å². The van der Waals surface area contributed by atoms with Crippen LogP contribution in [0.1, 0.15) is 174 Å². The fourth-order valence-corrected chi connectivity index (χ4v) is 7.88. The second-order valence-corrected chi connectivity index (χ2v) is 18.5. The molecule has 0 aromatic heterocycles. The van der Waals surface area contributed by atoms with Gasteiger partial charge in [-0.05, 0) is 37.5 Å². The van der Waals surface area contributed by atoms with Crippen LogP contribution in [0.4, 0.5) is 0 Å². The first-order valence-electron chi connectivity index (χ1n) is 29.1. The molecule has 0 atom stereocenters. The number of aliphatic hydroxyl groups excluding tert-OH is 2. The van der Waals surface area contributed by atoms with Gasteiger partial charge in [0.25, 0.3) is 0 Å². The largest absolute Gasteiger partial charge is 0.394 e. The molecule has 0 aromatic rings. The van der Waals surface area contributed by atoms with Crippen LogP contribution in [0.15, 0.2) is 0 Å². The molecule has 0 aliphatic rings. The number of hydrogen-bond donors (Lipinski definition) is 4. The molecule has 0 heterocycles. The van der Waals surface area contributed by atoms with Gasteiger partial charge in [0.05, 0.1) is 145 Å². The molecule has 0 fully saturated rings. The predicted molar refractivity (Wildman–Crippen MR) is 293 cm³/mol. The van der Waals surface area contributed by atoms with Gasteiger partial charge in [-0.1, -0.05) is 148 Å².